The molecule has 0 bridgehead atoms. The number of hydrogen-bond acceptors (Lipinski definition) is 7. The molecule has 2 amide bonds. The van der Waals surface area contributed by atoms with Gasteiger partial charge in [0.1, 0.15) is 23.8 Å². The molecule has 1 atom stereocenters. The van der Waals surface area contributed by atoms with E-state index in [9.17, 15) is 23.1 Å². The van der Waals surface area contributed by atoms with Gasteiger partial charge in [-0.25, -0.2) is 8.42 Å². The van der Waals surface area contributed by atoms with E-state index in [-0.39, 0.29) is 28.6 Å². The Morgan fingerprint density at radius 1 is 1.09 bits per heavy atom. The van der Waals surface area contributed by atoms with Gasteiger partial charge in [0.15, 0.2) is 6.10 Å². The van der Waals surface area contributed by atoms with Crippen LogP contribution in [-0.2, 0) is 19.6 Å². The molecule has 35 heavy (non-hydrogen) atoms. The van der Waals surface area contributed by atoms with Gasteiger partial charge in [-0.3, -0.25) is 19.2 Å². The number of aromatic hydroxyl groups is 1. The summed E-state index contributed by atoms with van der Waals surface area (Å²) in [6.07, 6.45) is -0.777. The van der Waals surface area contributed by atoms with Crippen LogP contribution in [0.15, 0.2) is 71.6 Å². The zero-order chi connectivity index (χ0) is 25.2. The topological polar surface area (TPSA) is 134 Å². The number of phenolic OH excluding ortho intramolecular Hbond substituents is 1. The maximum absolute atomic E-state index is 12.9. The predicted molar refractivity (Wildman–Crippen MR) is 129 cm³/mol. The number of fused-ring (bicyclic) bond motifs is 1. The van der Waals surface area contributed by atoms with E-state index in [1.54, 1.807) is 49.4 Å². The van der Waals surface area contributed by atoms with E-state index < -0.39 is 27.9 Å². The number of hydrogen-bond donors (Lipinski definition) is 3. The summed E-state index contributed by atoms with van der Waals surface area (Å²) in [5, 5.41) is 12.7. The molecule has 3 N–H and O–H groups in total. The maximum Gasteiger partial charge on any atom is 0.268 e. The van der Waals surface area contributed by atoms with Gasteiger partial charge in [-0.15, -0.1) is 0 Å². The summed E-state index contributed by atoms with van der Waals surface area (Å²) in [6.45, 7) is 1.22. The lowest BCUT2D eigenvalue weighted by Crippen LogP contribution is -2.47. The number of carbonyl (C=O) groups is 2. The van der Waals surface area contributed by atoms with E-state index in [1.807, 2.05) is 0 Å². The first-order chi connectivity index (χ1) is 16.7. The number of amides is 2. The van der Waals surface area contributed by atoms with Crippen LogP contribution in [0.3, 0.4) is 0 Å². The molecule has 10 nitrogen and oxygen atoms in total. The minimum absolute atomic E-state index is 0.125. The first kappa shape index (κ1) is 23.9. The second-order valence-corrected chi connectivity index (χ2v) is 9.37. The zero-order valence-corrected chi connectivity index (χ0v) is 19.7. The highest BCUT2D eigenvalue weighted by atomic mass is 32.2. The highest BCUT2D eigenvalue weighted by molar-refractivity contribution is 7.92. The number of phenols is 1. The van der Waals surface area contributed by atoms with Crippen LogP contribution in [0.2, 0.25) is 0 Å². The third-order valence-electron chi connectivity index (χ3n) is 5.28. The molecule has 0 saturated carbocycles. The van der Waals surface area contributed by atoms with Crippen molar-refractivity contribution in [1.29, 1.82) is 0 Å². The van der Waals surface area contributed by atoms with Gasteiger partial charge in [-0.05, 0) is 49.4 Å². The number of nitrogens with one attached hydrogen (secondary N) is 2. The molecule has 0 unspecified atom stereocenters. The van der Waals surface area contributed by atoms with Gasteiger partial charge in [-0.2, -0.15) is 0 Å². The minimum atomic E-state index is -4.08. The van der Waals surface area contributed by atoms with Crippen molar-refractivity contribution in [3.63, 3.8) is 0 Å². The third-order valence-corrected chi connectivity index (χ3v) is 6.64. The lowest BCUT2D eigenvalue weighted by atomic mass is 10.2. The van der Waals surface area contributed by atoms with Crippen molar-refractivity contribution in [1.82, 2.24) is 0 Å². The third kappa shape index (κ3) is 4.99. The Balaban J connectivity index is 1.55. The molecule has 3 aromatic carbocycles. The lowest BCUT2D eigenvalue weighted by molar-refractivity contribution is -0.127. The van der Waals surface area contributed by atoms with E-state index in [4.69, 9.17) is 9.47 Å². The lowest BCUT2D eigenvalue weighted by Gasteiger charge is -2.32. The number of anilines is 3. The minimum Gasteiger partial charge on any atom is -0.506 e. The molecule has 0 aliphatic carbocycles. The number of nitrogens with zero attached hydrogens (tertiary/aromatic N) is 1. The summed E-state index contributed by atoms with van der Waals surface area (Å²) >= 11 is 0. The Kier molecular flexibility index (Phi) is 6.52. The Labute approximate surface area is 202 Å². The quantitative estimate of drug-likeness (QED) is 0.427. The normalized spacial score (nSPS) is 15.1. The molecule has 0 aromatic heterocycles. The van der Waals surface area contributed by atoms with Gasteiger partial charge in [0.05, 0.1) is 29.1 Å². The molecule has 1 aliphatic rings. The van der Waals surface area contributed by atoms with Crippen LogP contribution in [0, 0.1) is 0 Å². The standard InChI is InChI=1S/C24H23N3O7S/c1-15-24(30)27(19-8-4-6-10-22(19)34-15)14-23(29)25-18-13-16(11-12-20(18)28)35(31,32)26-17-7-3-5-9-21(17)33-2/h3-13,15,26,28H,14H2,1-2H3,(H,25,29)/t15-/m0/s1. The smallest absolute Gasteiger partial charge is 0.268 e. The molecule has 182 valence electrons. The fourth-order valence-corrected chi connectivity index (χ4v) is 4.67. The van der Waals surface area contributed by atoms with E-state index in [1.165, 1.54) is 24.1 Å². The summed E-state index contributed by atoms with van der Waals surface area (Å²) in [7, 11) is -2.66. The van der Waals surface area contributed by atoms with Gasteiger partial charge >= 0.3 is 0 Å². The van der Waals surface area contributed by atoms with E-state index in [0.717, 1.165) is 12.1 Å². The molecule has 3 aromatic rings. The number of ether oxygens (including phenoxy) is 2. The van der Waals surface area contributed by atoms with Crippen LogP contribution in [-0.4, -0.2) is 45.1 Å². The van der Waals surface area contributed by atoms with E-state index in [0.29, 0.717) is 17.2 Å². The van der Waals surface area contributed by atoms with Crippen molar-refractivity contribution < 1.29 is 32.6 Å². The molecule has 1 heterocycles. The molecular weight excluding hydrogens is 474 g/mol. The molecule has 1 aliphatic heterocycles. The predicted octanol–water partition coefficient (Wildman–Crippen LogP) is 2.95. The monoisotopic (exact) mass is 497 g/mol. The van der Waals surface area contributed by atoms with Crippen molar-refractivity contribution in [3.05, 3.63) is 66.7 Å². The van der Waals surface area contributed by atoms with Gasteiger partial charge in [0, 0.05) is 0 Å². The Hall–Kier alpha value is -4.25. The van der Waals surface area contributed by atoms with Crippen molar-refractivity contribution in [2.24, 2.45) is 0 Å². The van der Waals surface area contributed by atoms with Crippen molar-refractivity contribution in [2.45, 2.75) is 17.9 Å². The average molecular weight is 498 g/mol. The van der Waals surface area contributed by atoms with Crippen LogP contribution in [0.4, 0.5) is 17.1 Å². The highest BCUT2D eigenvalue weighted by Gasteiger charge is 2.32. The van der Waals surface area contributed by atoms with Crippen LogP contribution >= 0.6 is 0 Å². The van der Waals surface area contributed by atoms with Crippen LogP contribution in [0.1, 0.15) is 6.92 Å². The number of benzene rings is 3. The summed E-state index contributed by atoms with van der Waals surface area (Å²) in [5.41, 5.74) is 0.541. The van der Waals surface area contributed by atoms with E-state index in [2.05, 4.69) is 10.0 Å². The fraction of sp³-hybridized carbons (Fsp3) is 0.167. The highest BCUT2D eigenvalue weighted by Crippen LogP contribution is 2.34. The van der Waals surface area contributed by atoms with Crippen LogP contribution < -0.4 is 24.4 Å². The molecule has 0 saturated heterocycles. The molecule has 0 radical (unpaired) electrons. The summed E-state index contributed by atoms with van der Waals surface area (Å²) in [4.78, 5) is 26.5. The zero-order valence-electron chi connectivity index (χ0n) is 18.9. The maximum atomic E-state index is 12.9. The van der Waals surface area contributed by atoms with Gasteiger partial charge in [0.2, 0.25) is 5.91 Å². The molecular formula is C24H23N3O7S. The summed E-state index contributed by atoms with van der Waals surface area (Å²) in [6, 6.07) is 16.8. The van der Waals surface area contributed by atoms with Gasteiger partial charge < -0.3 is 19.9 Å². The Morgan fingerprint density at radius 3 is 2.57 bits per heavy atom. The number of sulfonamides is 1. The Morgan fingerprint density at radius 2 is 1.80 bits per heavy atom. The summed E-state index contributed by atoms with van der Waals surface area (Å²) in [5.74, 6) is -0.583. The average Bonchev–Trinajstić information content (AvgIpc) is 2.83. The summed E-state index contributed by atoms with van der Waals surface area (Å²) < 4.78 is 39.0. The number of rotatable bonds is 7. The molecule has 11 heteroatoms. The molecule has 4 rings (SSSR count). The second-order valence-electron chi connectivity index (χ2n) is 7.69. The number of carbonyl (C=O) groups excluding carboxylic acids is 2. The molecule has 0 fully saturated rings. The van der Waals surface area contributed by atoms with Crippen molar-refractivity contribution >= 4 is 38.9 Å². The van der Waals surface area contributed by atoms with Gasteiger partial charge in [0.25, 0.3) is 15.9 Å². The SMILES string of the molecule is COc1ccccc1NS(=O)(=O)c1ccc(O)c(NC(=O)CN2C(=O)[C@H](C)Oc3ccccc32)c1. The van der Waals surface area contributed by atoms with Crippen LogP contribution in [0.25, 0.3) is 0 Å². The largest absolute Gasteiger partial charge is 0.506 e. The van der Waals surface area contributed by atoms with E-state index >= 15 is 0 Å². The second kappa shape index (κ2) is 9.55. The first-order valence-corrected chi connectivity index (χ1v) is 12.0. The number of para-hydroxylation sites is 4. The van der Waals surface area contributed by atoms with Crippen molar-refractivity contribution in [3.8, 4) is 17.2 Å². The Bertz CT molecular complexity index is 1390. The first-order valence-electron chi connectivity index (χ1n) is 10.6. The van der Waals surface area contributed by atoms with Crippen LogP contribution in [0.5, 0.6) is 17.2 Å². The fourth-order valence-electron chi connectivity index (χ4n) is 3.57. The van der Waals surface area contributed by atoms with Gasteiger partial charge in [-0.1, -0.05) is 24.3 Å². The number of methoxy groups -OCH3 is 1. The van der Waals surface area contributed by atoms with Crippen molar-refractivity contribution in [2.75, 3.05) is 28.6 Å². The molecule has 0 spiro atoms.